The number of methoxy groups -OCH3 is 1. The van der Waals surface area contributed by atoms with Crippen LogP contribution in [0.5, 0.6) is 5.75 Å². The van der Waals surface area contributed by atoms with E-state index < -0.39 is 0 Å². The van der Waals surface area contributed by atoms with Crippen molar-refractivity contribution in [2.24, 2.45) is 7.05 Å². The van der Waals surface area contributed by atoms with E-state index in [2.05, 4.69) is 28.6 Å². The highest BCUT2D eigenvalue weighted by Gasteiger charge is 2.29. The number of hydrogen-bond donors (Lipinski definition) is 1. The maximum Gasteiger partial charge on any atom is 0.317 e. The number of carbonyl (C=O) groups is 1. The van der Waals surface area contributed by atoms with E-state index in [0.717, 1.165) is 16.9 Å². The number of fused-ring (bicyclic) bond motifs is 1. The molecule has 0 fully saturated rings. The lowest BCUT2D eigenvalue weighted by Gasteiger charge is -2.34. The zero-order valence-electron chi connectivity index (χ0n) is 16.1. The van der Waals surface area contributed by atoms with Gasteiger partial charge in [0.05, 0.1) is 13.3 Å². The number of benzene rings is 2. The van der Waals surface area contributed by atoms with E-state index in [0.29, 0.717) is 19.6 Å². The Balaban J connectivity index is 1.49. The number of aryl methyl sites for hydroxylation is 1. The van der Waals surface area contributed by atoms with Crippen molar-refractivity contribution in [1.29, 1.82) is 0 Å². The topological polar surface area (TPSA) is 59.4 Å². The van der Waals surface area contributed by atoms with Gasteiger partial charge in [0.15, 0.2) is 0 Å². The fourth-order valence-corrected chi connectivity index (χ4v) is 3.70. The van der Waals surface area contributed by atoms with Crippen molar-refractivity contribution >= 4 is 6.03 Å². The number of ether oxygens (including phenoxy) is 1. The number of nitrogens with zero attached hydrogens (tertiary/aromatic N) is 3. The van der Waals surface area contributed by atoms with Gasteiger partial charge in [-0.15, -0.1) is 0 Å². The number of nitrogens with one attached hydrogen (secondary N) is 1. The summed E-state index contributed by atoms with van der Waals surface area (Å²) in [7, 11) is 3.56. The molecule has 0 aliphatic carbocycles. The maximum atomic E-state index is 12.9. The van der Waals surface area contributed by atoms with Gasteiger partial charge >= 0.3 is 6.03 Å². The van der Waals surface area contributed by atoms with Crippen molar-refractivity contribution in [1.82, 2.24) is 20.0 Å². The highest BCUT2D eigenvalue weighted by atomic mass is 16.5. The molecule has 2 aromatic carbocycles. The lowest BCUT2D eigenvalue weighted by Crippen LogP contribution is -2.44. The number of amides is 2. The minimum atomic E-state index is -0.0563. The minimum absolute atomic E-state index is 0.0563. The van der Waals surface area contributed by atoms with Gasteiger partial charge < -0.3 is 15.0 Å². The van der Waals surface area contributed by atoms with Gasteiger partial charge in [0.25, 0.3) is 0 Å². The fraction of sp³-hybridized carbons (Fsp3) is 0.273. The van der Waals surface area contributed by atoms with Crippen LogP contribution >= 0.6 is 0 Å². The molecule has 1 unspecified atom stereocenters. The lowest BCUT2D eigenvalue weighted by molar-refractivity contribution is 0.188. The predicted molar refractivity (Wildman–Crippen MR) is 107 cm³/mol. The van der Waals surface area contributed by atoms with Crippen LogP contribution in [0.4, 0.5) is 4.79 Å². The van der Waals surface area contributed by atoms with Crippen LogP contribution in [0.1, 0.15) is 28.2 Å². The zero-order valence-corrected chi connectivity index (χ0v) is 16.1. The summed E-state index contributed by atoms with van der Waals surface area (Å²) < 4.78 is 6.98. The second-order valence-electron chi connectivity index (χ2n) is 7.09. The summed E-state index contributed by atoms with van der Waals surface area (Å²) in [5, 5.41) is 7.35. The quantitative estimate of drug-likeness (QED) is 0.760. The van der Waals surface area contributed by atoms with E-state index in [1.165, 1.54) is 11.1 Å². The van der Waals surface area contributed by atoms with Crippen LogP contribution < -0.4 is 10.1 Å². The van der Waals surface area contributed by atoms with E-state index in [1.54, 1.807) is 11.8 Å². The van der Waals surface area contributed by atoms with Crippen molar-refractivity contribution in [2.75, 3.05) is 13.7 Å². The molecule has 144 valence electrons. The third-order valence-corrected chi connectivity index (χ3v) is 5.21. The van der Waals surface area contributed by atoms with Crippen molar-refractivity contribution < 1.29 is 9.53 Å². The first-order valence-electron chi connectivity index (χ1n) is 9.36. The van der Waals surface area contributed by atoms with Crippen molar-refractivity contribution in [3.8, 4) is 5.75 Å². The van der Waals surface area contributed by atoms with Crippen LogP contribution in [0, 0.1) is 0 Å². The van der Waals surface area contributed by atoms with Gasteiger partial charge in [-0.25, -0.2) is 4.79 Å². The summed E-state index contributed by atoms with van der Waals surface area (Å²) in [6, 6.07) is 16.0. The number of urea groups is 1. The summed E-state index contributed by atoms with van der Waals surface area (Å²) in [5.74, 6) is 0.937. The molecule has 0 saturated heterocycles. The maximum absolute atomic E-state index is 12.9. The molecule has 4 rings (SSSR count). The van der Waals surface area contributed by atoms with E-state index in [9.17, 15) is 4.79 Å². The predicted octanol–water partition coefficient (Wildman–Crippen LogP) is 3.29. The molecular formula is C22H24N4O2. The van der Waals surface area contributed by atoms with Gasteiger partial charge in [-0.1, -0.05) is 36.4 Å². The highest BCUT2D eigenvalue weighted by molar-refractivity contribution is 5.75. The third kappa shape index (κ3) is 3.71. The molecule has 0 spiro atoms. The Bertz CT molecular complexity index is 965. The molecule has 3 aromatic rings. The summed E-state index contributed by atoms with van der Waals surface area (Å²) >= 11 is 0. The molecule has 1 aliphatic heterocycles. The summed E-state index contributed by atoms with van der Waals surface area (Å²) in [5.41, 5.74) is 4.62. The SMILES string of the molecule is COc1ccc(CNC(=O)N2Cc3ccccc3C(c3cnn(C)c3)C2)cc1. The van der Waals surface area contributed by atoms with E-state index in [4.69, 9.17) is 4.74 Å². The number of hydrogen-bond acceptors (Lipinski definition) is 3. The number of aromatic nitrogens is 2. The second-order valence-corrected chi connectivity index (χ2v) is 7.09. The second kappa shape index (κ2) is 7.76. The average Bonchev–Trinajstić information content (AvgIpc) is 3.17. The van der Waals surface area contributed by atoms with Gasteiger partial charge in [-0.3, -0.25) is 4.68 Å². The molecule has 1 aliphatic rings. The van der Waals surface area contributed by atoms with E-state index in [-0.39, 0.29) is 11.9 Å². The Hall–Kier alpha value is -3.28. The van der Waals surface area contributed by atoms with Gasteiger partial charge in [-0.05, 0) is 34.4 Å². The third-order valence-electron chi connectivity index (χ3n) is 5.21. The molecule has 2 heterocycles. The average molecular weight is 376 g/mol. The molecule has 1 aromatic heterocycles. The number of rotatable bonds is 4. The Morgan fingerprint density at radius 2 is 2.00 bits per heavy atom. The normalized spacial score (nSPS) is 15.8. The molecule has 28 heavy (non-hydrogen) atoms. The first kappa shape index (κ1) is 18.1. The van der Waals surface area contributed by atoms with Crippen LogP contribution in [-0.2, 0) is 20.1 Å². The molecule has 0 bridgehead atoms. The molecular weight excluding hydrogens is 352 g/mol. The number of carbonyl (C=O) groups excluding carboxylic acids is 1. The smallest absolute Gasteiger partial charge is 0.317 e. The van der Waals surface area contributed by atoms with Crippen LogP contribution in [-0.4, -0.2) is 34.4 Å². The first-order valence-corrected chi connectivity index (χ1v) is 9.36. The fourth-order valence-electron chi connectivity index (χ4n) is 3.70. The molecule has 6 nitrogen and oxygen atoms in total. The Morgan fingerprint density at radius 1 is 1.21 bits per heavy atom. The largest absolute Gasteiger partial charge is 0.497 e. The minimum Gasteiger partial charge on any atom is -0.497 e. The van der Waals surface area contributed by atoms with E-state index >= 15 is 0 Å². The van der Waals surface area contributed by atoms with E-state index in [1.807, 2.05) is 54.7 Å². The van der Waals surface area contributed by atoms with Crippen molar-refractivity contribution in [3.05, 3.63) is 83.2 Å². The lowest BCUT2D eigenvalue weighted by atomic mass is 9.86. The summed E-state index contributed by atoms with van der Waals surface area (Å²) in [4.78, 5) is 14.7. The Labute approximate surface area is 164 Å². The van der Waals surface area contributed by atoms with Crippen LogP contribution in [0.3, 0.4) is 0 Å². The van der Waals surface area contributed by atoms with Crippen LogP contribution in [0.2, 0.25) is 0 Å². The summed E-state index contributed by atoms with van der Waals surface area (Å²) in [6.45, 7) is 1.73. The van der Waals surface area contributed by atoms with Crippen molar-refractivity contribution in [3.63, 3.8) is 0 Å². The molecule has 0 saturated carbocycles. The Morgan fingerprint density at radius 3 is 2.71 bits per heavy atom. The molecule has 2 amide bonds. The molecule has 1 atom stereocenters. The van der Waals surface area contributed by atoms with Gasteiger partial charge in [-0.2, -0.15) is 5.10 Å². The van der Waals surface area contributed by atoms with Gasteiger partial charge in [0, 0.05) is 38.8 Å². The molecule has 0 radical (unpaired) electrons. The summed E-state index contributed by atoms with van der Waals surface area (Å²) in [6.07, 6.45) is 3.92. The monoisotopic (exact) mass is 376 g/mol. The highest BCUT2D eigenvalue weighted by Crippen LogP contribution is 2.33. The standard InChI is InChI=1S/C22H24N4O2/c1-25-13-18(12-24-25)21-15-26(14-17-5-3-4-6-20(17)21)22(27)23-11-16-7-9-19(28-2)10-8-16/h3-10,12-13,21H,11,14-15H2,1-2H3,(H,23,27). The molecule has 6 heteroatoms. The van der Waals surface area contributed by atoms with Gasteiger partial charge in [0.2, 0.25) is 0 Å². The van der Waals surface area contributed by atoms with Gasteiger partial charge in [0.1, 0.15) is 5.75 Å². The zero-order chi connectivity index (χ0) is 19.5. The Kier molecular flexibility index (Phi) is 5.02. The van der Waals surface area contributed by atoms with Crippen LogP contribution in [0.25, 0.3) is 0 Å². The van der Waals surface area contributed by atoms with Crippen molar-refractivity contribution in [2.45, 2.75) is 19.0 Å². The van der Waals surface area contributed by atoms with Crippen LogP contribution in [0.15, 0.2) is 60.9 Å². The first-order chi connectivity index (χ1) is 13.6. The molecule has 1 N–H and O–H groups in total.